The van der Waals surface area contributed by atoms with Gasteiger partial charge in [0.05, 0.1) is 0 Å². The summed E-state index contributed by atoms with van der Waals surface area (Å²) < 4.78 is 11.4. The molecule has 94 valence electrons. The molecular weight excluding hydrogens is 230 g/mol. The molecule has 0 aliphatic heterocycles. The van der Waals surface area contributed by atoms with Gasteiger partial charge in [-0.2, -0.15) is 0 Å². The van der Waals surface area contributed by atoms with Gasteiger partial charge < -0.3 is 5.32 Å². The number of hydrogen-bond acceptors (Lipinski definition) is 2. The van der Waals surface area contributed by atoms with Crippen molar-refractivity contribution in [2.45, 2.75) is 25.8 Å². The van der Waals surface area contributed by atoms with Crippen LogP contribution in [0.5, 0.6) is 0 Å². The van der Waals surface area contributed by atoms with Gasteiger partial charge >= 0.3 is 0 Å². The van der Waals surface area contributed by atoms with E-state index in [0.717, 1.165) is 24.0 Å². The Balaban J connectivity index is 1.88. The Hall–Kier alpha value is -0.670. The summed E-state index contributed by atoms with van der Waals surface area (Å²) in [5.74, 6) is 2.32. The number of benzene rings is 1. The van der Waals surface area contributed by atoms with Crippen molar-refractivity contribution in [3.63, 3.8) is 0 Å². The molecule has 1 aliphatic carbocycles. The molecule has 0 spiro atoms. The molecule has 0 amide bonds. The van der Waals surface area contributed by atoms with Gasteiger partial charge in [-0.05, 0) is 24.3 Å². The molecule has 2 rings (SSSR count). The zero-order valence-electron chi connectivity index (χ0n) is 10.4. The van der Waals surface area contributed by atoms with E-state index in [1.54, 1.807) is 0 Å². The molecule has 0 bridgehead atoms. The van der Waals surface area contributed by atoms with E-state index < -0.39 is 10.8 Å². The van der Waals surface area contributed by atoms with E-state index >= 15 is 0 Å². The molecule has 17 heavy (non-hydrogen) atoms. The second-order valence-electron chi connectivity index (χ2n) is 4.61. The van der Waals surface area contributed by atoms with Crippen LogP contribution in [0.4, 0.5) is 0 Å². The van der Waals surface area contributed by atoms with Gasteiger partial charge in [0.25, 0.3) is 0 Å². The van der Waals surface area contributed by atoms with Gasteiger partial charge in [-0.3, -0.25) is 4.21 Å². The van der Waals surface area contributed by atoms with Crippen molar-refractivity contribution in [3.8, 4) is 0 Å². The van der Waals surface area contributed by atoms with Gasteiger partial charge in [0, 0.05) is 34.9 Å². The third-order valence-electron chi connectivity index (χ3n) is 3.27. The zero-order valence-corrected chi connectivity index (χ0v) is 11.2. The Kier molecular flexibility index (Phi) is 4.75. The highest BCUT2D eigenvalue weighted by Crippen LogP contribution is 2.40. The summed E-state index contributed by atoms with van der Waals surface area (Å²) in [4.78, 5) is 0. The van der Waals surface area contributed by atoms with Crippen LogP contribution in [0.1, 0.15) is 31.4 Å². The highest BCUT2D eigenvalue weighted by atomic mass is 32.2. The molecule has 0 radical (unpaired) electrons. The lowest BCUT2D eigenvalue weighted by Gasteiger charge is -2.18. The van der Waals surface area contributed by atoms with Crippen LogP contribution in [0.2, 0.25) is 0 Å². The maximum absolute atomic E-state index is 11.4. The molecule has 1 aromatic carbocycles. The van der Waals surface area contributed by atoms with Crippen LogP contribution >= 0.6 is 0 Å². The maximum atomic E-state index is 11.4. The summed E-state index contributed by atoms with van der Waals surface area (Å²) >= 11 is 0. The lowest BCUT2D eigenvalue weighted by Crippen LogP contribution is -2.27. The summed E-state index contributed by atoms with van der Waals surface area (Å²) in [5.41, 5.74) is 1.37. The zero-order chi connectivity index (χ0) is 12.1. The average Bonchev–Trinajstić information content (AvgIpc) is 3.19. The van der Waals surface area contributed by atoms with E-state index in [4.69, 9.17) is 0 Å². The van der Waals surface area contributed by atoms with Crippen molar-refractivity contribution in [3.05, 3.63) is 35.9 Å². The van der Waals surface area contributed by atoms with Gasteiger partial charge in [0.15, 0.2) is 0 Å². The van der Waals surface area contributed by atoms with Crippen LogP contribution in [0.25, 0.3) is 0 Å². The Morgan fingerprint density at radius 3 is 2.65 bits per heavy atom. The predicted octanol–water partition coefficient (Wildman–Crippen LogP) is 2.50. The van der Waals surface area contributed by atoms with Crippen molar-refractivity contribution in [1.29, 1.82) is 0 Å². The van der Waals surface area contributed by atoms with Crippen LogP contribution in [0.3, 0.4) is 0 Å². The Morgan fingerprint density at radius 2 is 2.06 bits per heavy atom. The fraction of sp³-hybridized carbons (Fsp3) is 0.571. The number of nitrogens with one attached hydrogen (secondary N) is 1. The molecule has 2 atom stereocenters. The van der Waals surface area contributed by atoms with Crippen molar-refractivity contribution in [1.82, 2.24) is 5.32 Å². The largest absolute Gasteiger partial charge is 0.309 e. The van der Waals surface area contributed by atoms with E-state index in [1.807, 2.05) is 6.92 Å². The normalized spacial score (nSPS) is 18.9. The van der Waals surface area contributed by atoms with Gasteiger partial charge in [0.1, 0.15) is 0 Å². The molecule has 1 saturated carbocycles. The van der Waals surface area contributed by atoms with E-state index in [0.29, 0.717) is 6.04 Å². The SMILES string of the molecule is CCS(=O)CCNC(c1ccccc1)C1CC1. The minimum Gasteiger partial charge on any atom is -0.309 e. The molecule has 2 unspecified atom stereocenters. The highest BCUT2D eigenvalue weighted by molar-refractivity contribution is 7.84. The fourth-order valence-electron chi connectivity index (χ4n) is 2.12. The van der Waals surface area contributed by atoms with Crippen LogP contribution in [-0.4, -0.2) is 22.3 Å². The lowest BCUT2D eigenvalue weighted by molar-refractivity contribution is 0.497. The van der Waals surface area contributed by atoms with E-state index in [9.17, 15) is 4.21 Å². The Bertz CT molecular complexity index is 362. The average molecular weight is 251 g/mol. The maximum Gasteiger partial charge on any atom is 0.0360 e. The molecule has 1 aromatic rings. The van der Waals surface area contributed by atoms with E-state index in [-0.39, 0.29) is 0 Å². The predicted molar refractivity (Wildman–Crippen MR) is 73.5 cm³/mol. The minimum absolute atomic E-state index is 0.463. The standard InChI is InChI=1S/C14H21NOS/c1-2-17(16)11-10-15-14(13-8-9-13)12-6-4-3-5-7-12/h3-7,13-15H,2,8-11H2,1H3. The molecule has 0 heterocycles. The minimum atomic E-state index is -0.655. The Labute approximate surface area is 106 Å². The van der Waals surface area contributed by atoms with E-state index in [2.05, 4.69) is 35.6 Å². The van der Waals surface area contributed by atoms with Crippen LogP contribution < -0.4 is 5.32 Å². The fourth-order valence-corrected chi connectivity index (χ4v) is 2.75. The Morgan fingerprint density at radius 1 is 1.35 bits per heavy atom. The van der Waals surface area contributed by atoms with Crippen LogP contribution in [0, 0.1) is 5.92 Å². The number of rotatable bonds is 7. The first kappa shape index (κ1) is 12.8. The first-order chi connectivity index (χ1) is 8.31. The van der Waals surface area contributed by atoms with Crippen LogP contribution in [0.15, 0.2) is 30.3 Å². The summed E-state index contributed by atoms with van der Waals surface area (Å²) in [6, 6.07) is 11.1. The van der Waals surface area contributed by atoms with E-state index in [1.165, 1.54) is 18.4 Å². The summed E-state index contributed by atoms with van der Waals surface area (Å²) in [6.45, 7) is 2.84. The molecule has 1 N–H and O–H groups in total. The smallest absolute Gasteiger partial charge is 0.0360 e. The molecule has 1 fully saturated rings. The van der Waals surface area contributed by atoms with Gasteiger partial charge in [-0.25, -0.2) is 0 Å². The third-order valence-corrected chi connectivity index (χ3v) is 4.57. The van der Waals surface area contributed by atoms with Crippen molar-refractivity contribution in [2.24, 2.45) is 5.92 Å². The topological polar surface area (TPSA) is 29.1 Å². The van der Waals surface area contributed by atoms with Crippen molar-refractivity contribution >= 4 is 10.8 Å². The third kappa shape index (κ3) is 3.93. The molecule has 3 heteroatoms. The van der Waals surface area contributed by atoms with Gasteiger partial charge in [-0.1, -0.05) is 37.3 Å². The molecular formula is C14H21NOS. The van der Waals surface area contributed by atoms with Crippen molar-refractivity contribution < 1.29 is 4.21 Å². The number of hydrogen-bond donors (Lipinski definition) is 1. The molecule has 0 aromatic heterocycles. The monoisotopic (exact) mass is 251 g/mol. The van der Waals surface area contributed by atoms with Gasteiger partial charge in [-0.15, -0.1) is 0 Å². The summed E-state index contributed by atoms with van der Waals surface area (Å²) in [5, 5.41) is 3.57. The quantitative estimate of drug-likeness (QED) is 0.806. The molecule has 2 nitrogen and oxygen atoms in total. The van der Waals surface area contributed by atoms with Crippen molar-refractivity contribution in [2.75, 3.05) is 18.1 Å². The summed E-state index contributed by atoms with van der Waals surface area (Å²) in [6.07, 6.45) is 2.65. The first-order valence-corrected chi connectivity index (χ1v) is 7.93. The van der Waals surface area contributed by atoms with Crippen LogP contribution in [-0.2, 0) is 10.8 Å². The second kappa shape index (κ2) is 6.31. The second-order valence-corrected chi connectivity index (χ2v) is 6.48. The molecule has 0 saturated heterocycles. The highest BCUT2D eigenvalue weighted by Gasteiger charge is 2.31. The first-order valence-electron chi connectivity index (χ1n) is 6.44. The molecule has 1 aliphatic rings. The van der Waals surface area contributed by atoms with Gasteiger partial charge in [0.2, 0.25) is 0 Å². The summed E-state index contributed by atoms with van der Waals surface area (Å²) in [7, 11) is -0.655. The lowest BCUT2D eigenvalue weighted by atomic mass is 10.0.